The molecule has 0 amide bonds. The maximum Gasteiger partial charge on any atom is 0.180 e. The van der Waals surface area contributed by atoms with Crippen molar-refractivity contribution in [2.75, 3.05) is 12.8 Å². The SMILES string of the molecule is CN(Cc1ccc(Cl)c(Cl)c1)Cc1cnc(N)s1.Cl. The van der Waals surface area contributed by atoms with Crippen LogP contribution in [-0.4, -0.2) is 16.9 Å². The summed E-state index contributed by atoms with van der Waals surface area (Å²) >= 11 is 13.4. The highest BCUT2D eigenvalue weighted by Crippen LogP contribution is 2.23. The lowest BCUT2D eigenvalue weighted by molar-refractivity contribution is 0.322. The van der Waals surface area contributed by atoms with E-state index >= 15 is 0 Å². The second-order valence-electron chi connectivity index (χ2n) is 4.09. The number of hydrogen-bond donors (Lipinski definition) is 1. The number of anilines is 1. The predicted molar refractivity (Wildman–Crippen MR) is 85.4 cm³/mol. The Bertz CT molecular complexity index is 545. The monoisotopic (exact) mass is 337 g/mol. The lowest BCUT2D eigenvalue weighted by atomic mass is 10.2. The number of nitrogen functional groups attached to an aromatic ring is 1. The molecule has 0 saturated carbocycles. The maximum atomic E-state index is 5.99. The van der Waals surface area contributed by atoms with Crippen LogP contribution in [0.3, 0.4) is 0 Å². The first-order chi connectivity index (χ1) is 8.54. The molecule has 1 heterocycles. The lowest BCUT2D eigenvalue weighted by Crippen LogP contribution is -2.16. The van der Waals surface area contributed by atoms with Gasteiger partial charge in [0.2, 0.25) is 0 Å². The molecule has 0 aliphatic carbocycles. The quantitative estimate of drug-likeness (QED) is 0.913. The highest BCUT2D eigenvalue weighted by molar-refractivity contribution is 7.15. The Morgan fingerprint density at radius 1 is 1.26 bits per heavy atom. The van der Waals surface area contributed by atoms with Crippen molar-refractivity contribution < 1.29 is 0 Å². The van der Waals surface area contributed by atoms with Crippen molar-refractivity contribution in [2.24, 2.45) is 0 Å². The molecule has 3 nitrogen and oxygen atoms in total. The third kappa shape index (κ3) is 4.82. The van der Waals surface area contributed by atoms with Gasteiger partial charge in [-0.2, -0.15) is 0 Å². The molecule has 2 N–H and O–H groups in total. The molecule has 1 aromatic carbocycles. The van der Waals surface area contributed by atoms with Gasteiger partial charge in [0.25, 0.3) is 0 Å². The summed E-state index contributed by atoms with van der Waals surface area (Å²) < 4.78 is 0. The van der Waals surface area contributed by atoms with Crippen LogP contribution in [0.1, 0.15) is 10.4 Å². The van der Waals surface area contributed by atoms with Gasteiger partial charge in [0, 0.05) is 24.2 Å². The zero-order valence-corrected chi connectivity index (χ0v) is 13.4. The van der Waals surface area contributed by atoms with Crippen LogP contribution in [0.4, 0.5) is 5.13 Å². The number of nitrogens with zero attached hydrogens (tertiary/aromatic N) is 2. The fraction of sp³-hybridized carbons (Fsp3) is 0.250. The first-order valence-corrected chi connectivity index (χ1v) is 6.94. The van der Waals surface area contributed by atoms with Gasteiger partial charge < -0.3 is 5.73 Å². The van der Waals surface area contributed by atoms with E-state index in [1.807, 2.05) is 31.4 Å². The highest BCUT2D eigenvalue weighted by atomic mass is 35.5. The third-order valence-electron chi connectivity index (χ3n) is 2.43. The van der Waals surface area contributed by atoms with Gasteiger partial charge in [0.15, 0.2) is 5.13 Å². The minimum Gasteiger partial charge on any atom is -0.375 e. The summed E-state index contributed by atoms with van der Waals surface area (Å²) in [5.41, 5.74) is 6.73. The Kier molecular flexibility index (Phi) is 6.36. The largest absolute Gasteiger partial charge is 0.375 e. The van der Waals surface area contributed by atoms with Gasteiger partial charge in [-0.15, -0.1) is 23.7 Å². The van der Waals surface area contributed by atoms with Crippen LogP contribution in [0.5, 0.6) is 0 Å². The molecule has 0 atom stereocenters. The van der Waals surface area contributed by atoms with E-state index in [2.05, 4.69) is 9.88 Å². The minimum atomic E-state index is 0. The molecule has 0 unspecified atom stereocenters. The number of hydrogen-bond acceptors (Lipinski definition) is 4. The molecule has 0 aliphatic rings. The fourth-order valence-electron chi connectivity index (χ4n) is 1.67. The number of thiazole rings is 1. The molecule has 0 fully saturated rings. The van der Waals surface area contributed by atoms with Gasteiger partial charge in [0.1, 0.15) is 0 Å². The molecule has 2 aromatic rings. The van der Waals surface area contributed by atoms with Crippen molar-refractivity contribution >= 4 is 52.1 Å². The van der Waals surface area contributed by atoms with Crippen molar-refractivity contribution in [3.63, 3.8) is 0 Å². The van der Waals surface area contributed by atoms with Gasteiger partial charge in [-0.05, 0) is 24.7 Å². The van der Waals surface area contributed by atoms with Gasteiger partial charge in [-0.1, -0.05) is 29.3 Å². The van der Waals surface area contributed by atoms with E-state index < -0.39 is 0 Å². The standard InChI is InChI=1S/C12H13Cl2N3S.ClH/c1-17(7-9-5-16-12(15)18-9)6-8-2-3-10(13)11(14)4-8;/h2-5H,6-7H2,1H3,(H2,15,16);1H. The number of rotatable bonds is 4. The predicted octanol–water partition coefficient (Wildman–Crippen LogP) is 4.09. The molecular weight excluding hydrogens is 325 g/mol. The summed E-state index contributed by atoms with van der Waals surface area (Å²) in [5, 5.41) is 1.77. The average molecular weight is 339 g/mol. The van der Waals surface area contributed by atoms with Crippen molar-refractivity contribution in [2.45, 2.75) is 13.1 Å². The highest BCUT2D eigenvalue weighted by Gasteiger charge is 2.06. The van der Waals surface area contributed by atoms with Gasteiger partial charge in [-0.25, -0.2) is 4.98 Å². The molecular formula is C12H14Cl3N3S. The van der Waals surface area contributed by atoms with E-state index in [1.165, 1.54) is 11.3 Å². The van der Waals surface area contributed by atoms with E-state index in [0.717, 1.165) is 23.5 Å². The molecule has 0 saturated heterocycles. The van der Waals surface area contributed by atoms with Gasteiger partial charge in [-0.3, -0.25) is 4.90 Å². The lowest BCUT2D eigenvalue weighted by Gasteiger charge is -2.15. The van der Waals surface area contributed by atoms with Crippen molar-refractivity contribution in [1.29, 1.82) is 0 Å². The number of halogens is 3. The summed E-state index contributed by atoms with van der Waals surface area (Å²) in [6.45, 7) is 1.61. The first kappa shape index (κ1) is 16.5. The molecule has 0 radical (unpaired) electrons. The van der Waals surface area contributed by atoms with Crippen LogP contribution in [-0.2, 0) is 13.1 Å². The summed E-state index contributed by atoms with van der Waals surface area (Å²) in [7, 11) is 2.04. The Labute approximate surface area is 132 Å². The summed E-state index contributed by atoms with van der Waals surface area (Å²) in [6, 6.07) is 5.69. The number of nitrogens with two attached hydrogens (primary N) is 1. The second kappa shape index (κ2) is 7.31. The average Bonchev–Trinajstić information content (AvgIpc) is 2.69. The van der Waals surface area contributed by atoms with E-state index in [9.17, 15) is 0 Å². The molecule has 0 aliphatic heterocycles. The fourth-order valence-corrected chi connectivity index (χ4v) is 2.75. The Morgan fingerprint density at radius 2 is 2.00 bits per heavy atom. The Morgan fingerprint density at radius 3 is 2.58 bits per heavy atom. The topological polar surface area (TPSA) is 42.2 Å². The van der Waals surface area contributed by atoms with E-state index in [-0.39, 0.29) is 12.4 Å². The van der Waals surface area contributed by atoms with Crippen molar-refractivity contribution in [3.05, 3.63) is 44.9 Å². The van der Waals surface area contributed by atoms with Crippen LogP contribution in [0.2, 0.25) is 10.0 Å². The van der Waals surface area contributed by atoms with Gasteiger partial charge in [0.05, 0.1) is 10.0 Å². The minimum absolute atomic E-state index is 0. The van der Waals surface area contributed by atoms with Crippen molar-refractivity contribution in [1.82, 2.24) is 9.88 Å². The molecule has 1 aromatic heterocycles. The summed E-state index contributed by atoms with van der Waals surface area (Å²) in [4.78, 5) is 7.35. The summed E-state index contributed by atoms with van der Waals surface area (Å²) in [5.74, 6) is 0. The zero-order valence-electron chi connectivity index (χ0n) is 10.3. The van der Waals surface area contributed by atoms with E-state index in [4.69, 9.17) is 28.9 Å². The molecule has 0 spiro atoms. The zero-order chi connectivity index (χ0) is 13.1. The molecule has 7 heteroatoms. The summed E-state index contributed by atoms with van der Waals surface area (Å²) in [6.07, 6.45) is 1.81. The molecule has 104 valence electrons. The molecule has 19 heavy (non-hydrogen) atoms. The number of aromatic nitrogens is 1. The Hall–Kier alpha value is -0.520. The van der Waals surface area contributed by atoms with Gasteiger partial charge >= 0.3 is 0 Å². The molecule has 0 bridgehead atoms. The maximum absolute atomic E-state index is 5.99. The third-order valence-corrected chi connectivity index (χ3v) is 3.98. The number of benzene rings is 1. The van der Waals surface area contributed by atoms with Crippen LogP contribution in [0, 0.1) is 0 Å². The van der Waals surface area contributed by atoms with Crippen LogP contribution < -0.4 is 5.73 Å². The van der Waals surface area contributed by atoms with Crippen molar-refractivity contribution in [3.8, 4) is 0 Å². The van der Waals surface area contributed by atoms with E-state index in [0.29, 0.717) is 15.2 Å². The molecule has 2 rings (SSSR count). The first-order valence-electron chi connectivity index (χ1n) is 5.37. The van der Waals surface area contributed by atoms with Crippen LogP contribution in [0.15, 0.2) is 24.4 Å². The second-order valence-corrected chi connectivity index (χ2v) is 6.05. The Balaban J connectivity index is 0.00000180. The van der Waals surface area contributed by atoms with E-state index in [1.54, 1.807) is 0 Å². The normalized spacial score (nSPS) is 10.5. The smallest absolute Gasteiger partial charge is 0.180 e. The van der Waals surface area contributed by atoms with Crippen LogP contribution >= 0.6 is 46.9 Å². The van der Waals surface area contributed by atoms with Crippen LogP contribution in [0.25, 0.3) is 0 Å².